The largest absolute Gasteiger partial charge is 0.322 e. The van der Waals surface area contributed by atoms with Gasteiger partial charge in [-0.1, -0.05) is 78.9 Å². The molecule has 2 heteroatoms. The van der Waals surface area contributed by atoms with E-state index in [1.165, 1.54) is 11.1 Å². The molecular formula is C25H19NO. The van der Waals surface area contributed by atoms with Gasteiger partial charge in [0.25, 0.3) is 5.91 Å². The summed E-state index contributed by atoms with van der Waals surface area (Å²) in [6.45, 7) is 0. The summed E-state index contributed by atoms with van der Waals surface area (Å²) in [6, 6.07) is 36.0. The predicted octanol–water partition coefficient (Wildman–Crippen LogP) is 6.27. The van der Waals surface area contributed by atoms with Gasteiger partial charge in [-0.15, -0.1) is 0 Å². The zero-order chi connectivity index (χ0) is 18.5. The highest BCUT2D eigenvalue weighted by molar-refractivity contribution is 6.04. The molecule has 27 heavy (non-hydrogen) atoms. The normalized spacial score (nSPS) is 10.4. The maximum absolute atomic E-state index is 12.3. The average Bonchev–Trinajstić information content (AvgIpc) is 2.75. The molecule has 0 atom stereocenters. The van der Waals surface area contributed by atoms with Gasteiger partial charge in [0.1, 0.15) is 0 Å². The lowest BCUT2D eigenvalue weighted by Gasteiger charge is -2.08. The highest BCUT2D eigenvalue weighted by Gasteiger charge is 2.06. The van der Waals surface area contributed by atoms with Gasteiger partial charge in [-0.25, -0.2) is 0 Å². The summed E-state index contributed by atoms with van der Waals surface area (Å²) >= 11 is 0. The van der Waals surface area contributed by atoms with Crippen LogP contribution in [0.2, 0.25) is 0 Å². The summed E-state index contributed by atoms with van der Waals surface area (Å²) in [5.41, 5.74) is 6.09. The summed E-state index contributed by atoms with van der Waals surface area (Å²) in [7, 11) is 0. The quantitative estimate of drug-likeness (QED) is 0.462. The first-order chi connectivity index (χ1) is 13.3. The van der Waals surface area contributed by atoms with Crippen LogP contribution in [0.25, 0.3) is 22.3 Å². The van der Waals surface area contributed by atoms with Crippen LogP contribution in [0.3, 0.4) is 0 Å². The van der Waals surface area contributed by atoms with E-state index in [4.69, 9.17) is 0 Å². The van der Waals surface area contributed by atoms with Gasteiger partial charge in [-0.3, -0.25) is 4.79 Å². The molecule has 4 aromatic rings. The minimum absolute atomic E-state index is 0.102. The van der Waals surface area contributed by atoms with Gasteiger partial charge in [0.15, 0.2) is 0 Å². The second-order valence-electron chi connectivity index (χ2n) is 6.34. The molecular weight excluding hydrogens is 330 g/mol. The lowest BCUT2D eigenvalue weighted by Crippen LogP contribution is -2.11. The standard InChI is InChI=1S/C25H19NO/c27-25(21-10-5-2-6-11-21)26-24-16-14-20(15-17-24)23-13-7-12-22(18-23)19-8-3-1-4-9-19/h1-18H,(H,26,27). The van der Waals surface area contributed by atoms with E-state index in [0.717, 1.165) is 16.8 Å². The third kappa shape index (κ3) is 3.96. The number of benzene rings is 4. The average molecular weight is 349 g/mol. The maximum Gasteiger partial charge on any atom is 0.255 e. The first-order valence-electron chi connectivity index (χ1n) is 8.92. The number of nitrogens with one attached hydrogen (secondary N) is 1. The lowest BCUT2D eigenvalue weighted by molar-refractivity contribution is 0.102. The molecule has 0 fully saturated rings. The summed E-state index contributed by atoms with van der Waals surface area (Å²) in [4.78, 5) is 12.3. The van der Waals surface area contributed by atoms with E-state index >= 15 is 0 Å². The van der Waals surface area contributed by atoms with E-state index in [-0.39, 0.29) is 5.91 Å². The first-order valence-corrected chi connectivity index (χ1v) is 8.92. The Balaban J connectivity index is 1.53. The summed E-state index contributed by atoms with van der Waals surface area (Å²) < 4.78 is 0. The second-order valence-corrected chi connectivity index (χ2v) is 6.34. The molecule has 0 unspecified atom stereocenters. The third-order valence-corrected chi connectivity index (χ3v) is 4.48. The number of hydrogen-bond acceptors (Lipinski definition) is 1. The highest BCUT2D eigenvalue weighted by atomic mass is 16.1. The van der Waals surface area contributed by atoms with E-state index in [9.17, 15) is 4.79 Å². The van der Waals surface area contributed by atoms with E-state index in [1.807, 2.05) is 60.7 Å². The van der Waals surface area contributed by atoms with Gasteiger partial charge in [-0.05, 0) is 52.6 Å². The van der Waals surface area contributed by atoms with Crippen molar-refractivity contribution in [3.05, 3.63) is 115 Å². The highest BCUT2D eigenvalue weighted by Crippen LogP contribution is 2.27. The molecule has 130 valence electrons. The van der Waals surface area contributed by atoms with Crippen molar-refractivity contribution in [2.24, 2.45) is 0 Å². The van der Waals surface area contributed by atoms with Crippen LogP contribution in [0, 0.1) is 0 Å². The molecule has 4 aromatic carbocycles. The van der Waals surface area contributed by atoms with Crippen LogP contribution < -0.4 is 5.32 Å². The molecule has 0 aliphatic carbocycles. The van der Waals surface area contributed by atoms with Crippen LogP contribution in [-0.4, -0.2) is 5.91 Å². The van der Waals surface area contributed by atoms with Crippen molar-refractivity contribution in [3.63, 3.8) is 0 Å². The van der Waals surface area contributed by atoms with E-state index in [0.29, 0.717) is 5.56 Å². The molecule has 0 saturated carbocycles. The Kier molecular flexibility index (Phi) is 4.80. The molecule has 0 spiro atoms. The fourth-order valence-corrected chi connectivity index (χ4v) is 3.05. The Morgan fingerprint density at radius 1 is 0.519 bits per heavy atom. The van der Waals surface area contributed by atoms with E-state index in [2.05, 4.69) is 41.7 Å². The third-order valence-electron chi connectivity index (χ3n) is 4.48. The van der Waals surface area contributed by atoms with Gasteiger partial charge in [0.05, 0.1) is 0 Å². The summed E-state index contributed by atoms with van der Waals surface area (Å²) in [5.74, 6) is -0.102. The monoisotopic (exact) mass is 349 g/mol. The number of carbonyl (C=O) groups is 1. The molecule has 0 saturated heterocycles. The summed E-state index contributed by atoms with van der Waals surface area (Å²) in [6.07, 6.45) is 0. The van der Waals surface area contributed by atoms with Crippen molar-refractivity contribution in [1.82, 2.24) is 0 Å². The number of amides is 1. The lowest BCUT2D eigenvalue weighted by atomic mass is 9.99. The van der Waals surface area contributed by atoms with Crippen molar-refractivity contribution >= 4 is 11.6 Å². The molecule has 1 amide bonds. The first kappa shape index (κ1) is 16.8. The van der Waals surface area contributed by atoms with Crippen molar-refractivity contribution in [3.8, 4) is 22.3 Å². The summed E-state index contributed by atoms with van der Waals surface area (Å²) in [5, 5.41) is 2.94. The number of anilines is 1. The van der Waals surface area contributed by atoms with E-state index in [1.54, 1.807) is 12.1 Å². The predicted molar refractivity (Wildman–Crippen MR) is 112 cm³/mol. The van der Waals surface area contributed by atoms with Gasteiger partial charge in [-0.2, -0.15) is 0 Å². The zero-order valence-corrected chi connectivity index (χ0v) is 14.8. The van der Waals surface area contributed by atoms with Crippen LogP contribution in [0.4, 0.5) is 5.69 Å². The Bertz CT molecular complexity index is 1040. The van der Waals surface area contributed by atoms with Crippen LogP contribution in [0.15, 0.2) is 109 Å². The van der Waals surface area contributed by atoms with Crippen LogP contribution in [0.5, 0.6) is 0 Å². The molecule has 2 nitrogen and oxygen atoms in total. The second kappa shape index (κ2) is 7.71. The van der Waals surface area contributed by atoms with Crippen LogP contribution >= 0.6 is 0 Å². The SMILES string of the molecule is O=C(Nc1ccc(-c2cccc(-c3ccccc3)c2)cc1)c1ccccc1. The number of carbonyl (C=O) groups excluding carboxylic acids is 1. The number of hydrogen-bond donors (Lipinski definition) is 1. The van der Waals surface area contributed by atoms with Crippen molar-refractivity contribution in [2.45, 2.75) is 0 Å². The van der Waals surface area contributed by atoms with Crippen molar-refractivity contribution in [1.29, 1.82) is 0 Å². The molecule has 0 heterocycles. The molecule has 0 aliphatic rings. The maximum atomic E-state index is 12.3. The minimum Gasteiger partial charge on any atom is -0.322 e. The van der Waals surface area contributed by atoms with Crippen LogP contribution in [-0.2, 0) is 0 Å². The molecule has 0 bridgehead atoms. The fourth-order valence-electron chi connectivity index (χ4n) is 3.05. The fraction of sp³-hybridized carbons (Fsp3) is 0. The Labute approximate surface area is 159 Å². The molecule has 1 N–H and O–H groups in total. The van der Waals surface area contributed by atoms with E-state index < -0.39 is 0 Å². The van der Waals surface area contributed by atoms with Gasteiger partial charge in [0, 0.05) is 11.3 Å². The molecule has 0 radical (unpaired) electrons. The number of rotatable bonds is 4. The van der Waals surface area contributed by atoms with Gasteiger partial charge in [0.2, 0.25) is 0 Å². The molecule has 0 aromatic heterocycles. The van der Waals surface area contributed by atoms with Gasteiger partial charge < -0.3 is 5.32 Å². The van der Waals surface area contributed by atoms with Crippen molar-refractivity contribution in [2.75, 3.05) is 5.32 Å². The molecule has 4 rings (SSSR count). The van der Waals surface area contributed by atoms with Gasteiger partial charge >= 0.3 is 0 Å². The van der Waals surface area contributed by atoms with Crippen LogP contribution in [0.1, 0.15) is 10.4 Å². The topological polar surface area (TPSA) is 29.1 Å². The minimum atomic E-state index is -0.102. The van der Waals surface area contributed by atoms with Crippen molar-refractivity contribution < 1.29 is 4.79 Å². The zero-order valence-electron chi connectivity index (χ0n) is 14.8. The molecule has 0 aliphatic heterocycles. The Hall–Kier alpha value is -3.65. The smallest absolute Gasteiger partial charge is 0.255 e. The Morgan fingerprint density at radius 2 is 1.04 bits per heavy atom. The Morgan fingerprint density at radius 3 is 1.67 bits per heavy atom.